The van der Waals surface area contributed by atoms with Gasteiger partial charge in [0, 0.05) is 19.1 Å². The molecule has 1 aliphatic rings. The number of aliphatic carboxylic acids is 1. The molecule has 0 aliphatic carbocycles. The number of hydrogen-bond donors (Lipinski definition) is 1. The van der Waals surface area contributed by atoms with E-state index in [4.69, 9.17) is 9.84 Å². The van der Waals surface area contributed by atoms with E-state index in [2.05, 4.69) is 13.8 Å². The van der Waals surface area contributed by atoms with Crippen LogP contribution < -0.4 is 4.74 Å². The lowest BCUT2D eigenvalue weighted by Gasteiger charge is -2.35. The lowest BCUT2D eigenvalue weighted by atomic mass is 10.1. The number of nitrogens with zero attached hydrogens (tertiary/aromatic N) is 2. The van der Waals surface area contributed by atoms with Crippen molar-refractivity contribution in [3.8, 4) is 5.75 Å². The van der Waals surface area contributed by atoms with Gasteiger partial charge in [0.15, 0.2) is 0 Å². The van der Waals surface area contributed by atoms with Crippen LogP contribution in [0.4, 0.5) is 0 Å². The Kier molecular flexibility index (Phi) is 7.64. The van der Waals surface area contributed by atoms with E-state index in [1.165, 1.54) is 4.31 Å². The average molecular weight is 399 g/mol. The zero-order chi connectivity index (χ0) is 20.0. The molecule has 0 radical (unpaired) electrons. The van der Waals surface area contributed by atoms with E-state index in [0.717, 1.165) is 6.42 Å². The van der Waals surface area contributed by atoms with Crippen molar-refractivity contribution in [2.45, 2.75) is 44.0 Å². The molecule has 1 fully saturated rings. The molecule has 0 amide bonds. The van der Waals surface area contributed by atoms with E-state index in [0.29, 0.717) is 44.2 Å². The molecule has 1 N–H and O–H groups in total. The second-order valence-corrected chi connectivity index (χ2v) is 9.38. The minimum absolute atomic E-state index is 0.0321. The molecule has 0 aromatic heterocycles. The van der Waals surface area contributed by atoms with Gasteiger partial charge >= 0.3 is 5.97 Å². The summed E-state index contributed by atoms with van der Waals surface area (Å²) in [7, 11) is -1.78. The molecule has 1 saturated heterocycles. The van der Waals surface area contributed by atoms with Crippen LogP contribution in [-0.2, 0) is 14.8 Å². The van der Waals surface area contributed by atoms with Gasteiger partial charge in [0.1, 0.15) is 5.75 Å². The van der Waals surface area contributed by atoms with Crippen LogP contribution in [0.1, 0.15) is 33.1 Å². The van der Waals surface area contributed by atoms with Gasteiger partial charge in [0.25, 0.3) is 0 Å². The lowest BCUT2D eigenvalue weighted by molar-refractivity contribution is -0.138. The van der Waals surface area contributed by atoms with Crippen LogP contribution in [0.2, 0.25) is 0 Å². The van der Waals surface area contributed by atoms with Crippen molar-refractivity contribution < 1.29 is 23.1 Å². The monoisotopic (exact) mass is 398 g/mol. The third-order valence-corrected chi connectivity index (χ3v) is 6.77. The number of ether oxygens (including phenoxy) is 1. The summed E-state index contributed by atoms with van der Waals surface area (Å²) in [4.78, 5) is 12.9. The van der Waals surface area contributed by atoms with Gasteiger partial charge in [0.2, 0.25) is 10.0 Å². The van der Waals surface area contributed by atoms with E-state index in [1.807, 2.05) is 0 Å². The normalized spacial score (nSPS) is 16.8. The summed E-state index contributed by atoms with van der Waals surface area (Å²) in [5.41, 5.74) is 0. The first-order valence-corrected chi connectivity index (χ1v) is 10.8. The summed E-state index contributed by atoms with van der Waals surface area (Å²) in [5.74, 6) is 0.356. The first kappa shape index (κ1) is 21.7. The van der Waals surface area contributed by atoms with Crippen molar-refractivity contribution in [1.29, 1.82) is 0 Å². The summed E-state index contributed by atoms with van der Waals surface area (Å²) in [5, 5.41) is 8.89. The number of carboxylic acid groups (broad SMARTS) is 1. The maximum absolute atomic E-state index is 12.8. The number of piperidine rings is 1. The van der Waals surface area contributed by atoms with Gasteiger partial charge < -0.3 is 9.84 Å². The Morgan fingerprint density at radius 2 is 1.85 bits per heavy atom. The van der Waals surface area contributed by atoms with Gasteiger partial charge in [-0.05, 0) is 56.5 Å². The zero-order valence-electron chi connectivity index (χ0n) is 16.3. The average Bonchev–Trinajstić information content (AvgIpc) is 2.61. The Hall–Kier alpha value is -1.64. The first-order chi connectivity index (χ1) is 12.7. The fourth-order valence-electron chi connectivity index (χ4n) is 3.14. The molecule has 0 atom stereocenters. The Balaban J connectivity index is 1.93. The van der Waals surface area contributed by atoms with Crippen molar-refractivity contribution in [2.24, 2.45) is 5.92 Å². The second-order valence-electron chi connectivity index (χ2n) is 7.45. The SMILES string of the molecule is CC(C)CCOc1ccc(S(=O)(=O)N2CCC(N(C)CC(=O)O)CC2)cc1. The first-order valence-electron chi connectivity index (χ1n) is 9.35. The summed E-state index contributed by atoms with van der Waals surface area (Å²) in [6.45, 7) is 5.62. The van der Waals surface area contributed by atoms with Crippen molar-refractivity contribution >= 4 is 16.0 Å². The fourth-order valence-corrected chi connectivity index (χ4v) is 4.60. The van der Waals surface area contributed by atoms with E-state index in [1.54, 1.807) is 36.2 Å². The van der Waals surface area contributed by atoms with Crippen LogP contribution in [0.5, 0.6) is 5.75 Å². The molecule has 0 bridgehead atoms. The fraction of sp³-hybridized carbons (Fsp3) is 0.632. The number of sulfonamides is 1. The minimum Gasteiger partial charge on any atom is -0.494 e. The van der Waals surface area contributed by atoms with Gasteiger partial charge in [-0.1, -0.05) is 13.8 Å². The predicted octanol–water partition coefficient (Wildman–Crippen LogP) is 2.28. The van der Waals surface area contributed by atoms with Crippen LogP contribution in [-0.4, -0.2) is 68.0 Å². The molecule has 0 saturated carbocycles. The molecular weight excluding hydrogens is 368 g/mol. The van der Waals surface area contributed by atoms with Crippen molar-refractivity contribution in [1.82, 2.24) is 9.21 Å². The van der Waals surface area contributed by atoms with Gasteiger partial charge in [-0.25, -0.2) is 8.42 Å². The maximum atomic E-state index is 12.8. The molecule has 8 heteroatoms. The number of rotatable bonds is 9. The Bertz CT molecular complexity index is 710. The van der Waals surface area contributed by atoms with Crippen LogP contribution >= 0.6 is 0 Å². The molecular formula is C19H30N2O5S. The van der Waals surface area contributed by atoms with Crippen molar-refractivity contribution in [3.63, 3.8) is 0 Å². The Morgan fingerprint density at radius 1 is 1.26 bits per heavy atom. The minimum atomic E-state index is -3.54. The molecule has 0 spiro atoms. The summed E-state index contributed by atoms with van der Waals surface area (Å²) in [6, 6.07) is 6.65. The zero-order valence-corrected chi connectivity index (χ0v) is 17.1. The molecule has 2 rings (SSSR count). The van der Waals surface area contributed by atoms with E-state index >= 15 is 0 Å². The van der Waals surface area contributed by atoms with Crippen molar-refractivity contribution in [3.05, 3.63) is 24.3 Å². The highest BCUT2D eigenvalue weighted by atomic mass is 32.2. The number of hydrogen-bond acceptors (Lipinski definition) is 5. The smallest absolute Gasteiger partial charge is 0.317 e. The maximum Gasteiger partial charge on any atom is 0.317 e. The molecule has 1 heterocycles. The van der Waals surface area contributed by atoms with E-state index < -0.39 is 16.0 Å². The van der Waals surface area contributed by atoms with Gasteiger partial charge in [0.05, 0.1) is 18.0 Å². The molecule has 1 aromatic carbocycles. The third-order valence-electron chi connectivity index (χ3n) is 4.86. The Morgan fingerprint density at radius 3 is 2.37 bits per heavy atom. The lowest BCUT2D eigenvalue weighted by Crippen LogP contribution is -2.46. The van der Waals surface area contributed by atoms with Gasteiger partial charge in [-0.15, -0.1) is 0 Å². The van der Waals surface area contributed by atoms with E-state index in [9.17, 15) is 13.2 Å². The van der Waals surface area contributed by atoms with Gasteiger partial charge in [-0.3, -0.25) is 9.69 Å². The summed E-state index contributed by atoms with van der Waals surface area (Å²) in [6.07, 6.45) is 2.20. The topological polar surface area (TPSA) is 87.2 Å². The highest BCUT2D eigenvalue weighted by molar-refractivity contribution is 7.89. The standard InChI is InChI=1S/C19H30N2O5S/c1-15(2)10-13-26-17-4-6-18(7-5-17)27(24,25)21-11-8-16(9-12-21)20(3)14-19(22)23/h4-7,15-16H,8-14H2,1-3H3,(H,22,23). The molecule has 0 unspecified atom stereocenters. The molecule has 27 heavy (non-hydrogen) atoms. The molecule has 152 valence electrons. The highest BCUT2D eigenvalue weighted by Gasteiger charge is 2.31. The van der Waals surface area contributed by atoms with Crippen LogP contribution in [0.25, 0.3) is 0 Å². The van der Waals surface area contributed by atoms with Crippen LogP contribution in [0.15, 0.2) is 29.2 Å². The Labute approximate surface area is 162 Å². The molecule has 7 nitrogen and oxygen atoms in total. The number of carboxylic acids is 1. The van der Waals surface area contributed by atoms with Crippen LogP contribution in [0.3, 0.4) is 0 Å². The largest absolute Gasteiger partial charge is 0.494 e. The van der Waals surface area contributed by atoms with Crippen LogP contribution in [0, 0.1) is 5.92 Å². The second kappa shape index (κ2) is 9.52. The molecule has 1 aliphatic heterocycles. The number of likely N-dealkylation sites (N-methyl/N-ethyl adjacent to an activating group) is 1. The molecule has 1 aromatic rings. The third kappa shape index (κ3) is 6.19. The number of benzene rings is 1. The quantitative estimate of drug-likeness (QED) is 0.687. The highest BCUT2D eigenvalue weighted by Crippen LogP contribution is 2.24. The van der Waals surface area contributed by atoms with E-state index in [-0.39, 0.29) is 17.5 Å². The van der Waals surface area contributed by atoms with Gasteiger partial charge in [-0.2, -0.15) is 4.31 Å². The predicted molar refractivity (Wildman–Crippen MR) is 103 cm³/mol. The summed E-state index contributed by atoms with van der Waals surface area (Å²) >= 11 is 0. The number of carbonyl (C=O) groups is 1. The van der Waals surface area contributed by atoms with Crippen molar-refractivity contribution in [2.75, 3.05) is 33.3 Å². The summed E-state index contributed by atoms with van der Waals surface area (Å²) < 4.78 is 32.8.